The van der Waals surface area contributed by atoms with Gasteiger partial charge in [0.05, 0.1) is 6.61 Å². The zero-order chi connectivity index (χ0) is 12.7. The highest BCUT2D eigenvalue weighted by Crippen LogP contribution is 1.89. The SMILES string of the molecule is C=C(C)C(=O)OCCO.N=C=O.N=C=O. The second-order valence-electron chi connectivity index (χ2n) is 1.84. The molecule has 0 aromatic rings. The first-order valence-corrected chi connectivity index (χ1v) is 3.52. The average Bonchev–Trinajstić information content (AvgIpc) is 2.16. The number of rotatable bonds is 3. The lowest BCUT2D eigenvalue weighted by molar-refractivity contribution is -0.139. The zero-order valence-corrected chi connectivity index (χ0v) is 8.20. The Morgan fingerprint density at radius 2 is 1.73 bits per heavy atom. The van der Waals surface area contributed by atoms with Gasteiger partial charge in [0.2, 0.25) is 12.2 Å². The molecule has 84 valence electrons. The van der Waals surface area contributed by atoms with Crippen molar-refractivity contribution in [2.75, 3.05) is 13.2 Å². The minimum absolute atomic E-state index is 0.0473. The number of carbonyl (C=O) groups excluding carboxylic acids is 3. The van der Waals surface area contributed by atoms with Crippen LogP contribution in [0.3, 0.4) is 0 Å². The van der Waals surface area contributed by atoms with Gasteiger partial charge < -0.3 is 9.84 Å². The topological polar surface area (TPSA) is 128 Å². The van der Waals surface area contributed by atoms with Crippen LogP contribution in [-0.4, -0.2) is 36.4 Å². The zero-order valence-electron chi connectivity index (χ0n) is 8.20. The van der Waals surface area contributed by atoms with Crippen LogP contribution in [0.1, 0.15) is 6.92 Å². The smallest absolute Gasteiger partial charge is 0.333 e. The number of aliphatic hydroxyl groups is 1. The molecule has 0 unspecified atom stereocenters. The maximum atomic E-state index is 10.5. The fourth-order valence-corrected chi connectivity index (χ4v) is 0.262. The summed E-state index contributed by atoms with van der Waals surface area (Å²) in [6.07, 6.45) is 1.50. The Kier molecular flexibility index (Phi) is 22.2. The molecule has 15 heavy (non-hydrogen) atoms. The van der Waals surface area contributed by atoms with E-state index in [0.29, 0.717) is 5.57 Å². The molecule has 0 aromatic heterocycles. The molecular formula is C8H12N2O5. The van der Waals surface area contributed by atoms with Gasteiger partial charge in [0.25, 0.3) is 0 Å². The number of ether oxygens (including phenoxy) is 1. The van der Waals surface area contributed by atoms with E-state index in [0.717, 1.165) is 12.2 Å². The van der Waals surface area contributed by atoms with Crippen molar-refractivity contribution in [1.29, 1.82) is 10.8 Å². The van der Waals surface area contributed by atoms with Gasteiger partial charge in [-0.15, -0.1) is 0 Å². The van der Waals surface area contributed by atoms with E-state index in [1.165, 1.54) is 0 Å². The quantitative estimate of drug-likeness (QED) is 0.262. The van der Waals surface area contributed by atoms with E-state index in [1.807, 2.05) is 0 Å². The molecule has 7 nitrogen and oxygen atoms in total. The van der Waals surface area contributed by atoms with E-state index < -0.39 is 5.97 Å². The Morgan fingerprint density at radius 3 is 1.93 bits per heavy atom. The van der Waals surface area contributed by atoms with Crippen molar-refractivity contribution < 1.29 is 24.2 Å². The molecule has 3 N–H and O–H groups in total. The molecular weight excluding hydrogens is 204 g/mol. The molecule has 0 radical (unpaired) electrons. The number of hydrogen-bond donors (Lipinski definition) is 3. The molecule has 0 saturated carbocycles. The third-order valence-electron chi connectivity index (χ3n) is 0.673. The molecule has 0 saturated heterocycles. The third-order valence-corrected chi connectivity index (χ3v) is 0.673. The summed E-state index contributed by atoms with van der Waals surface area (Å²) in [7, 11) is 0. The number of nitrogens with one attached hydrogen (secondary N) is 2. The Bertz CT molecular complexity index is 238. The van der Waals surface area contributed by atoms with Crippen LogP contribution in [0.5, 0.6) is 0 Å². The van der Waals surface area contributed by atoms with Crippen LogP contribution in [0, 0.1) is 10.8 Å². The number of aliphatic hydroxyl groups excluding tert-OH is 1. The molecule has 0 amide bonds. The van der Waals surface area contributed by atoms with Crippen LogP contribution in [0.2, 0.25) is 0 Å². The van der Waals surface area contributed by atoms with Crippen LogP contribution < -0.4 is 0 Å². The fourth-order valence-electron chi connectivity index (χ4n) is 0.262. The predicted molar refractivity (Wildman–Crippen MR) is 49.7 cm³/mol. The van der Waals surface area contributed by atoms with E-state index >= 15 is 0 Å². The van der Waals surface area contributed by atoms with Crippen LogP contribution in [0.25, 0.3) is 0 Å². The fraction of sp³-hybridized carbons (Fsp3) is 0.375. The number of hydrogen-bond acceptors (Lipinski definition) is 7. The van der Waals surface area contributed by atoms with Crippen LogP contribution >= 0.6 is 0 Å². The summed E-state index contributed by atoms with van der Waals surface area (Å²) in [5.41, 5.74) is 0.350. The second-order valence-corrected chi connectivity index (χ2v) is 1.84. The van der Waals surface area contributed by atoms with Gasteiger partial charge in [-0.05, 0) is 6.92 Å². The Balaban J connectivity index is -0.000000200. The van der Waals surface area contributed by atoms with Crippen molar-refractivity contribution in [2.45, 2.75) is 6.92 Å². The number of isocyanates is 2. The Hall–Kier alpha value is -2.07. The highest BCUT2D eigenvalue weighted by atomic mass is 16.5. The van der Waals surface area contributed by atoms with Gasteiger partial charge in [-0.3, -0.25) is 0 Å². The maximum absolute atomic E-state index is 10.5. The Morgan fingerprint density at radius 1 is 1.40 bits per heavy atom. The van der Waals surface area contributed by atoms with Crippen molar-refractivity contribution in [1.82, 2.24) is 0 Å². The Labute approximate surface area is 86.4 Å². The van der Waals surface area contributed by atoms with Crippen LogP contribution in [-0.2, 0) is 19.1 Å². The summed E-state index contributed by atoms with van der Waals surface area (Å²) in [5.74, 6) is -0.455. The van der Waals surface area contributed by atoms with Gasteiger partial charge in [-0.1, -0.05) is 6.58 Å². The third kappa shape index (κ3) is 33.5. The lowest BCUT2D eigenvalue weighted by Crippen LogP contribution is -2.08. The summed E-state index contributed by atoms with van der Waals surface area (Å²) >= 11 is 0. The first kappa shape index (κ1) is 18.7. The van der Waals surface area contributed by atoms with E-state index in [9.17, 15) is 4.79 Å². The highest BCUT2D eigenvalue weighted by molar-refractivity contribution is 5.86. The predicted octanol–water partition coefficient (Wildman–Crippen LogP) is -0.100. The van der Waals surface area contributed by atoms with Crippen molar-refractivity contribution >= 4 is 18.1 Å². The van der Waals surface area contributed by atoms with E-state index in [4.69, 9.17) is 25.5 Å². The number of carbonyl (C=O) groups is 1. The number of esters is 1. The van der Waals surface area contributed by atoms with Gasteiger partial charge in [-0.2, -0.15) is 0 Å². The van der Waals surface area contributed by atoms with E-state index in [-0.39, 0.29) is 13.2 Å². The summed E-state index contributed by atoms with van der Waals surface area (Å²) in [6, 6.07) is 0. The molecule has 0 aliphatic heterocycles. The summed E-state index contributed by atoms with van der Waals surface area (Å²) < 4.78 is 4.46. The minimum Gasteiger partial charge on any atom is -0.460 e. The molecule has 0 atom stereocenters. The molecule has 0 aromatic carbocycles. The highest BCUT2D eigenvalue weighted by Gasteiger charge is 1.99. The first-order chi connectivity index (χ1) is 7.01. The molecule has 0 bridgehead atoms. The van der Waals surface area contributed by atoms with E-state index in [2.05, 4.69) is 11.3 Å². The molecule has 7 heteroatoms. The first-order valence-electron chi connectivity index (χ1n) is 3.52. The van der Waals surface area contributed by atoms with Crippen LogP contribution in [0.4, 0.5) is 0 Å². The van der Waals surface area contributed by atoms with E-state index in [1.54, 1.807) is 6.92 Å². The molecule has 0 aliphatic rings. The van der Waals surface area contributed by atoms with Gasteiger partial charge in [0, 0.05) is 5.57 Å². The largest absolute Gasteiger partial charge is 0.460 e. The summed E-state index contributed by atoms with van der Waals surface area (Å²) in [5, 5.41) is 19.0. The lowest BCUT2D eigenvalue weighted by atomic mass is 10.4. The maximum Gasteiger partial charge on any atom is 0.333 e. The van der Waals surface area contributed by atoms with Crippen molar-refractivity contribution in [3.63, 3.8) is 0 Å². The second kappa shape index (κ2) is 17.9. The minimum atomic E-state index is -0.455. The molecule has 0 fully saturated rings. The summed E-state index contributed by atoms with van der Waals surface area (Å²) in [6.45, 7) is 4.81. The van der Waals surface area contributed by atoms with Crippen LogP contribution in [0.15, 0.2) is 12.2 Å². The molecule has 0 heterocycles. The van der Waals surface area contributed by atoms with Crippen molar-refractivity contribution in [3.05, 3.63) is 12.2 Å². The van der Waals surface area contributed by atoms with Gasteiger partial charge in [0.1, 0.15) is 6.61 Å². The standard InChI is InChI=1S/C6H10O3.2CHNO/c1-5(2)6(8)9-4-3-7;2*2-1-3/h7H,1,3-4H2,2H3;2*2H. The van der Waals surface area contributed by atoms with Gasteiger partial charge >= 0.3 is 5.97 Å². The van der Waals surface area contributed by atoms with Crippen molar-refractivity contribution in [2.24, 2.45) is 0 Å². The van der Waals surface area contributed by atoms with Crippen molar-refractivity contribution in [3.8, 4) is 0 Å². The molecule has 0 rings (SSSR count). The molecule has 0 aliphatic carbocycles. The van der Waals surface area contributed by atoms with Gasteiger partial charge in [-0.25, -0.2) is 25.2 Å². The lowest BCUT2D eigenvalue weighted by Gasteiger charge is -1.99. The molecule has 0 spiro atoms. The normalized spacial score (nSPS) is 6.27. The average molecular weight is 216 g/mol. The summed E-state index contributed by atoms with van der Waals surface area (Å²) in [4.78, 5) is 27.2. The monoisotopic (exact) mass is 216 g/mol. The van der Waals surface area contributed by atoms with Gasteiger partial charge in [0.15, 0.2) is 0 Å².